The molecule has 0 fully saturated rings. The SMILES string of the molecule is N#CC1=C(c2ccccc2)/C(=C(/C#N)c2cc(C#N)cc(C#N)c2)C2=C1/C(OC(F)(F)F)=C/C(C#N)=C(C1=CC=CCC1)\C(=C(\C#N)c1cc(C#N)cc(C#N)c1)\C=C\2OC(F)(F)F. The molecular weight excluding hydrogens is 835 g/mol. The fourth-order valence-electron chi connectivity index (χ4n) is 7.27. The number of nitriles is 8. The van der Waals surface area contributed by atoms with Crippen LogP contribution in [0.15, 0.2) is 153 Å². The van der Waals surface area contributed by atoms with Gasteiger partial charge >= 0.3 is 12.7 Å². The minimum atomic E-state index is -5.72. The van der Waals surface area contributed by atoms with Gasteiger partial charge in [0.1, 0.15) is 29.7 Å². The van der Waals surface area contributed by atoms with Gasteiger partial charge in [0.25, 0.3) is 0 Å². The van der Waals surface area contributed by atoms with Crippen molar-refractivity contribution < 1.29 is 35.8 Å². The van der Waals surface area contributed by atoms with Crippen molar-refractivity contribution in [3.8, 4) is 48.6 Å². The van der Waals surface area contributed by atoms with Crippen LogP contribution in [-0.4, -0.2) is 12.7 Å². The van der Waals surface area contributed by atoms with E-state index in [0.717, 1.165) is 36.4 Å². The van der Waals surface area contributed by atoms with E-state index in [0.29, 0.717) is 12.2 Å². The van der Waals surface area contributed by atoms with Crippen molar-refractivity contribution in [1.29, 1.82) is 42.1 Å². The van der Waals surface area contributed by atoms with Crippen LogP contribution < -0.4 is 0 Å². The smallest absolute Gasteiger partial charge is 0.405 e. The Balaban J connectivity index is 2.00. The van der Waals surface area contributed by atoms with E-state index in [1.165, 1.54) is 42.5 Å². The summed E-state index contributed by atoms with van der Waals surface area (Å²) in [6, 6.07) is 28.3. The van der Waals surface area contributed by atoms with Crippen molar-refractivity contribution in [2.24, 2.45) is 0 Å². The van der Waals surface area contributed by atoms with E-state index in [9.17, 15) is 55.3 Å². The summed E-state index contributed by atoms with van der Waals surface area (Å²) < 4.78 is 98.7. The Kier molecular flexibility index (Phi) is 12.3. The lowest BCUT2D eigenvalue weighted by atomic mass is 9.83. The van der Waals surface area contributed by atoms with E-state index in [1.807, 2.05) is 36.4 Å². The predicted molar refractivity (Wildman–Crippen MR) is 212 cm³/mol. The topological polar surface area (TPSA) is 209 Å². The maximum atomic E-state index is 15.1. The van der Waals surface area contributed by atoms with Gasteiger partial charge in [-0.2, -0.15) is 42.1 Å². The lowest BCUT2D eigenvalue weighted by Crippen LogP contribution is -2.18. The fraction of sp³-hybridized carbons (Fsp3) is 0.0833. The molecule has 3 aliphatic rings. The molecule has 0 amide bonds. The summed E-state index contributed by atoms with van der Waals surface area (Å²) in [5.74, 6) is -2.82. The van der Waals surface area contributed by atoms with Gasteiger partial charge in [0.05, 0.1) is 74.9 Å². The number of halogens is 6. The Hall–Kier alpha value is -9.58. The monoisotopic (exact) mass is 854 g/mol. The molecule has 0 heterocycles. The lowest BCUT2D eigenvalue weighted by molar-refractivity contribution is -0.306. The first-order chi connectivity index (χ1) is 30.6. The lowest BCUT2D eigenvalue weighted by Gasteiger charge is -2.22. The van der Waals surface area contributed by atoms with Crippen molar-refractivity contribution in [1.82, 2.24) is 0 Å². The molecule has 3 aliphatic carbocycles. The Labute approximate surface area is 360 Å². The molecule has 0 spiro atoms. The first-order valence-corrected chi connectivity index (χ1v) is 18.2. The van der Waals surface area contributed by atoms with Gasteiger partial charge in [0.15, 0.2) is 0 Å². The van der Waals surface area contributed by atoms with Gasteiger partial charge in [-0.25, -0.2) is 0 Å². The summed E-state index contributed by atoms with van der Waals surface area (Å²) in [6.07, 6.45) is -5.36. The quantitative estimate of drug-likeness (QED) is 0.169. The first-order valence-electron chi connectivity index (χ1n) is 18.2. The van der Waals surface area contributed by atoms with Crippen LogP contribution in [0, 0.1) is 90.6 Å². The molecule has 0 aromatic heterocycles. The predicted octanol–water partition coefficient (Wildman–Crippen LogP) is 10.7. The van der Waals surface area contributed by atoms with Gasteiger partial charge in [-0.3, -0.25) is 0 Å². The molecule has 0 radical (unpaired) electrons. The molecule has 64 heavy (non-hydrogen) atoms. The summed E-state index contributed by atoms with van der Waals surface area (Å²) in [6.45, 7) is 0. The van der Waals surface area contributed by atoms with Crippen LogP contribution in [0.2, 0.25) is 0 Å². The van der Waals surface area contributed by atoms with Crippen LogP contribution in [0.3, 0.4) is 0 Å². The van der Waals surface area contributed by atoms with Crippen LogP contribution in [0.25, 0.3) is 16.7 Å². The van der Waals surface area contributed by atoms with Crippen molar-refractivity contribution in [3.63, 3.8) is 0 Å². The van der Waals surface area contributed by atoms with Gasteiger partial charge in [0, 0.05) is 33.4 Å². The second-order valence-electron chi connectivity index (χ2n) is 13.5. The number of ether oxygens (including phenoxy) is 2. The number of rotatable bonds is 6. The molecule has 0 aliphatic heterocycles. The molecule has 0 bridgehead atoms. The minimum Gasteiger partial charge on any atom is -0.405 e. The molecule has 3 aromatic rings. The minimum absolute atomic E-state index is 0.0162. The van der Waals surface area contributed by atoms with E-state index >= 15 is 13.2 Å². The van der Waals surface area contributed by atoms with E-state index < -0.39 is 80.0 Å². The van der Waals surface area contributed by atoms with Crippen LogP contribution in [-0.2, 0) is 9.47 Å². The molecule has 0 saturated heterocycles. The molecule has 6 rings (SSSR count). The largest absolute Gasteiger partial charge is 0.573 e. The Morgan fingerprint density at radius 1 is 0.547 bits per heavy atom. The second-order valence-corrected chi connectivity index (χ2v) is 13.5. The van der Waals surface area contributed by atoms with E-state index in [-0.39, 0.29) is 57.4 Å². The number of allylic oxidation sites excluding steroid dienone is 14. The average Bonchev–Trinajstić information content (AvgIpc) is 3.64. The third-order valence-electron chi connectivity index (χ3n) is 9.62. The van der Waals surface area contributed by atoms with E-state index in [4.69, 9.17) is 4.74 Å². The zero-order chi connectivity index (χ0) is 46.3. The molecule has 0 unspecified atom stereocenters. The summed E-state index contributed by atoms with van der Waals surface area (Å²) in [7, 11) is 0. The number of benzene rings is 3. The van der Waals surface area contributed by atoms with Crippen LogP contribution >= 0.6 is 0 Å². The van der Waals surface area contributed by atoms with Crippen molar-refractivity contribution >= 4 is 16.7 Å². The van der Waals surface area contributed by atoms with Crippen molar-refractivity contribution in [2.45, 2.75) is 25.6 Å². The molecule has 0 N–H and O–H groups in total. The molecule has 0 saturated carbocycles. The third kappa shape index (κ3) is 8.95. The van der Waals surface area contributed by atoms with Crippen molar-refractivity contribution in [2.75, 3.05) is 0 Å². The van der Waals surface area contributed by atoms with Gasteiger partial charge in [-0.15, -0.1) is 26.3 Å². The van der Waals surface area contributed by atoms with E-state index in [2.05, 4.69) is 4.74 Å². The van der Waals surface area contributed by atoms with Gasteiger partial charge in [-0.1, -0.05) is 48.6 Å². The Morgan fingerprint density at radius 3 is 1.50 bits per heavy atom. The van der Waals surface area contributed by atoms with E-state index in [1.54, 1.807) is 18.2 Å². The highest BCUT2D eigenvalue weighted by Gasteiger charge is 2.45. The fourth-order valence-corrected chi connectivity index (χ4v) is 7.27. The Bertz CT molecular complexity index is 3140. The van der Waals surface area contributed by atoms with Crippen LogP contribution in [0.4, 0.5) is 26.3 Å². The van der Waals surface area contributed by atoms with Gasteiger partial charge in [-0.05, 0) is 83.7 Å². The normalized spacial score (nSPS) is 19.2. The molecule has 16 heteroatoms. The van der Waals surface area contributed by atoms with Crippen LogP contribution in [0.1, 0.15) is 51.8 Å². The number of hydrogen-bond acceptors (Lipinski definition) is 10. The average molecular weight is 855 g/mol. The van der Waals surface area contributed by atoms with Crippen molar-refractivity contribution in [3.05, 3.63) is 192 Å². The zero-order valence-corrected chi connectivity index (χ0v) is 32.3. The maximum absolute atomic E-state index is 15.1. The maximum Gasteiger partial charge on any atom is 0.573 e. The number of hydrogen-bond donors (Lipinski definition) is 0. The summed E-state index contributed by atoms with van der Waals surface area (Å²) in [5.41, 5.74) is -8.07. The molecule has 3 aromatic carbocycles. The summed E-state index contributed by atoms with van der Waals surface area (Å²) in [4.78, 5) is 0. The first kappa shape index (κ1) is 44.0. The summed E-state index contributed by atoms with van der Waals surface area (Å²) in [5, 5.41) is 83.0. The third-order valence-corrected chi connectivity index (χ3v) is 9.62. The summed E-state index contributed by atoms with van der Waals surface area (Å²) >= 11 is 0. The zero-order valence-electron chi connectivity index (χ0n) is 32.3. The van der Waals surface area contributed by atoms with Gasteiger partial charge < -0.3 is 9.47 Å². The van der Waals surface area contributed by atoms with Crippen LogP contribution in [0.5, 0.6) is 0 Å². The molecule has 0 atom stereocenters. The number of nitrogens with zero attached hydrogens (tertiary/aromatic N) is 8. The highest BCUT2D eigenvalue weighted by Crippen LogP contribution is 2.54. The standard InChI is InChI=1S/C48H20F6N8O2/c49-47(50,51)63-40-17-35(23-59)42(31-7-3-1-4-8-31)36(37(24-60)33-13-27(19-55)11-28(14-33)20-56)18-41(64-48(52,53)54)46-44(40)39(26-62)43(32-9-5-2-6-10-32)45(46)38(25-61)34-15-29(21-57)12-30(16-34)22-58/h1-3,5-7,9-18H,4,8H2/b37-36-,40-17-,41-18-,42-35+,45-38+. The highest BCUT2D eigenvalue weighted by atomic mass is 19.4. The molecule has 306 valence electrons. The molecular formula is C48H20F6N8O2. The number of alkyl halides is 6. The molecule has 10 nitrogen and oxygen atoms in total. The van der Waals surface area contributed by atoms with Gasteiger partial charge in [0.2, 0.25) is 0 Å². The Morgan fingerprint density at radius 2 is 1.06 bits per heavy atom. The second kappa shape index (κ2) is 18.0. The highest BCUT2D eigenvalue weighted by molar-refractivity contribution is 6.07.